The second-order valence-electron chi connectivity index (χ2n) is 5.00. The van der Waals surface area contributed by atoms with Gasteiger partial charge in [0.2, 0.25) is 0 Å². The number of alkyl halides is 1. The van der Waals surface area contributed by atoms with E-state index in [0.717, 1.165) is 28.4 Å². The van der Waals surface area contributed by atoms with E-state index in [1.165, 1.54) is 5.56 Å². The van der Waals surface area contributed by atoms with Gasteiger partial charge in [-0.2, -0.15) is 0 Å². The van der Waals surface area contributed by atoms with E-state index in [1.54, 1.807) is 11.8 Å². The molecule has 0 atom stereocenters. The van der Waals surface area contributed by atoms with Gasteiger partial charge in [-0.1, -0.05) is 41.1 Å². The molecule has 3 aromatic rings. The number of halogens is 1. The molecule has 0 aliphatic carbocycles. The summed E-state index contributed by atoms with van der Waals surface area (Å²) in [6, 6.07) is 16.0. The topological polar surface area (TPSA) is 39.9 Å². The first-order valence-electron chi connectivity index (χ1n) is 6.95. The summed E-state index contributed by atoms with van der Waals surface area (Å²) in [6.07, 6.45) is 0. The van der Waals surface area contributed by atoms with Crippen molar-refractivity contribution in [1.29, 1.82) is 0 Å². The third kappa shape index (κ3) is 2.70. The molecule has 2 aromatic carbocycles. The highest BCUT2D eigenvalue weighted by Crippen LogP contribution is 2.27. The van der Waals surface area contributed by atoms with Crippen LogP contribution in [0.4, 0.5) is 0 Å². The molecule has 0 spiro atoms. The molecular weight excluding hydrogens is 298 g/mol. The Morgan fingerprint density at radius 2 is 1.91 bits per heavy atom. The maximum Gasteiger partial charge on any atom is 0.121 e. The highest BCUT2D eigenvalue weighted by molar-refractivity contribution is 6.17. The summed E-state index contributed by atoms with van der Waals surface area (Å²) in [5.74, 6) is 1.09. The molecule has 1 aromatic heterocycles. The number of benzene rings is 2. The van der Waals surface area contributed by atoms with Gasteiger partial charge in [-0.15, -0.1) is 16.7 Å². The molecule has 0 bridgehead atoms. The molecule has 1 heterocycles. The Labute approximate surface area is 134 Å². The van der Waals surface area contributed by atoms with Gasteiger partial charge >= 0.3 is 0 Å². The molecule has 112 valence electrons. The number of methoxy groups -OCH3 is 1. The zero-order valence-electron chi connectivity index (χ0n) is 12.5. The molecule has 0 radical (unpaired) electrons. The molecule has 0 fully saturated rings. The van der Waals surface area contributed by atoms with Gasteiger partial charge in [-0.05, 0) is 19.1 Å². The Kier molecular flexibility index (Phi) is 4.11. The molecular formula is C17H16ClN3O. The zero-order valence-corrected chi connectivity index (χ0v) is 13.2. The van der Waals surface area contributed by atoms with Crippen molar-refractivity contribution in [3.8, 4) is 22.7 Å². The third-order valence-corrected chi connectivity index (χ3v) is 3.74. The summed E-state index contributed by atoms with van der Waals surface area (Å²) in [6.45, 7) is 2.06. The fraction of sp³-hybridized carbons (Fsp3) is 0.176. The first kappa shape index (κ1) is 14.6. The number of nitrogens with zero attached hydrogens (tertiary/aromatic N) is 3. The Hall–Kier alpha value is -2.33. The van der Waals surface area contributed by atoms with E-state index in [9.17, 15) is 0 Å². The van der Waals surface area contributed by atoms with Gasteiger partial charge in [0, 0.05) is 11.6 Å². The first-order valence-corrected chi connectivity index (χ1v) is 7.48. The highest BCUT2D eigenvalue weighted by Gasteiger charge is 2.15. The van der Waals surface area contributed by atoms with E-state index in [0.29, 0.717) is 5.88 Å². The summed E-state index contributed by atoms with van der Waals surface area (Å²) in [4.78, 5) is 0. The van der Waals surface area contributed by atoms with E-state index < -0.39 is 0 Å². The van der Waals surface area contributed by atoms with Crippen molar-refractivity contribution < 1.29 is 4.74 Å². The maximum absolute atomic E-state index is 6.03. The van der Waals surface area contributed by atoms with Crippen LogP contribution in [0.25, 0.3) is 16.9 Å². The Morgan fingerprint density at radius 3 is 2.59 bits per heavy atom. The summed E-state index contributed by atoms with van der Waals surface area (Å²) >= 11 is 6.03. The summed E-state index contributed by atoms with van der Waals surface area (Å²) in [5, 5.41) is 8.46. The van der Waals surface area contributed by atoms with Crippen LogP contribution in [0.3, 0.4) is 0 Å². The van der Waals surface area contributed by atoms with Crippen molar-refractivity contribution in [1.82, 2.24) is 15.0 Å². The maximum atomic E-state index is 6.03. The lowest BCUT2D eigenvalue weighted by Crippen LogP contribution is -2.00. The van der Waals surface area contributed by atoms with Crippen LogP contribution < -0.4 is 4.74 Å². The third-order valence-electron chi connectivity index (χ3n) is 3.49. The Bertz CT molecular complexity index is 781. The monoisotopic (exact) mass is 313 g/mol. The van der Waals surface area contributed by atoms with Gasteiger partial charge in [-0.3, -0.25) is 0 Å². The van der Waals surface area contributed by atoms with E-state index in [1.807, 2.05) is 24.3 Å². The second kappa shape index (κ2) is 6.20. The van der Waals surface area contributed by atoms with Crippen LogP contribution in [0.2, 0.25) is 0 Å². The highest BCUT2D eigenvalue weighted by atomic mass is 35.5. The molecule has 0 saturated carbocycles. The minimum Gasteiger partial charge on any atom is -0.497 e. The molecule has 22 heavy (non-hydrogen) atoms. The number of hydrogen-bond acceptors (Lipinski definition) is 3. The van der Waals surface area contributed by atoms with Crippen molar-refractivity contribution in [2.45, 2.75) is 12.8 Å². The molecule has 0 N–H and O–H groups in total. The van der Waals surface area contributed by atoms with Gasteiger partial charge in [0.05, 0.1) is 24.4 Å². The summed E-state index contributed by atoms with van der Waals surface area (Å²) < 4.78 is 7.08. The molecule has 4 nitrogen and oxygen atoms in total. The van der Waals surface area contributed by atoms with Gasteiger partial charge in [0.1, 0.15) is 11.4 Å². The predicted octanol–water partition coefficient (Wildman–Crippen LogP) is 3.99. The zero-order chi connectivity index (χ0) is 15.5. The van der Waals surface area contributed by atoms with Crippen LogP contribution in [-0.2, 0) is 5.88 Å². The summed E-state index contributed by atoms with van der Waals surface area (Å²) in [7, 11) is 1.64. The minimum atomic E-state index is 0.313. The minimum absolute atomic E-state index is 0.313. The largest absolute Gasteiger partial charge is 0.497 e. The molecule has 0 saturated heterocycles. The molecule has 5 heteroatoms. The number of ether oxygens (including phenoxy) is 1. The Balaban J connectivity index is 2.16. The van der Waals surface area contributed by atoms with Gasteiger partial charge in [0.25, 0.3) is 0 Å². The lowest BCUT2D eigenvalue weighted by molar-refractivity contribution is 0.414. The number of rotatable bonds is 4. The van der Waals surface area contributed by atoms with Crippen molar-refractivity contribution >= 4 is 11.6 Å². The smallest absolute Gasteiger partial charge is 0.121 e. The van der Waals surface area contributed by atoms with Crippen LogP contribution in [0.5, 0.6) is 5.75 Å². The molecule has 0 amide bonds. The quantitative estimate of drug-likeness (QED) is 0.684. The number of aromatic nitrogens is 3. The standard InChI is InChI=1S/C17H16ClN3O/c1-12-6-8-13(9-7-12)17-16(11-18)19-20-21(17)14-4-3-5-15(10-14)22-2/h3-10H,11H2,1-2H3. The molecule has 3 rings (SSSR count). The van der Waals surface area contributed by atoms with Gasteiger partial charge in [-0.25, -0.2) is 4.68 Å². The summed E-state index contributed by atoms with van der Waals surface area (Å²) in [5.41, 5.74) is 4.79. The van der Waals surface area contributed by atoms with E-state index in [-0.39, 0.29) is 0 Å². The average molecular weight is 314 g/mol. The lowest BCUT2D eigenvalue weighted by atomic mass is 10.1. The Morgan fingerprint density at radius 1 is 1.14 bits per heavy atom. The lowest BCUT2D eigenvalue weighted by Gasteiger charge is -2.09. The van der Waals surface area contributed by atoms with Gasteiger partial charge < -0.3 is 4.74 Å². The SMILES string of the molecule is COc1cccc(-n2nnc(CCl)c2-c2ccc(C)cc2)c1. The average Bonchev–Trinajstić information content (AvgIpc) is 2.99. The van der Waals surface area contributed by atoms with E-state index >= 15 is 0 Å². The fourth-order valence-corrected chi connectivity index (χ4v) is 2.51. The van der Waals surface area contributed by atoms with Crippen molar-refractivity contribution in [2.24, 2.45) is 0 Å². The van der Waals surface area contributed by atoms with Crippen LogP contribution in [-0.4, -0.2) is 22.1 Å². The van der Waals surface area contributed by atoms with Crippen LogP contribution >= 0.6 is 11.6 Å². The van der Waals surface area contributed by atoms with Crippen molar-refractivity contribution in [2.75, 3.05) is 7.11 Å². The molecule has 0 aliphatic rings. The van der Waals surface area contributed by atoms with Crippen LogP contribution in [0.15, 0.2) is 48.5 Å². The van der Waals surface area contributed by atoms with Crippen molar-refractivity contribution in [3.05, 3.63) is 59.8 Å². The molecule has 0 unspecified atom stereocenters. The normalized spacial score (nSPS) is 10.7. The van der Waals surface area contributed by atoms with E-state index in [2.05, 4.69) is 41.5 Å². The predicted molar refractivity (Wildman–Crippen MR) is 87.6 cm³/mol. The second-order valence-corrected chi connectivity index (χ2v) is 5.26. The van der Waals surface area contributed by atoms with Crippen LogP contribution in [0, 0.1) is 6.92 Å². The van der Waals surface area contributed by atoms with Gasteiger partial charge in [0.15, 0.2) is 0 Å². The van der Waals surface area contributed by atoms with E-state index in [4.69, 9.17) is 16.3 Å². The first-order chi connectivity index (χ1) is 10.7. The fourth-order valence-electron chi connectivity index (χ4n) is 2.33. The number of aryl methyl sites for hydroxylation is 1. The van der Waals surface area contributed by atoms with Crippen molar-refractivity contribution in [3.63, 3.8) is 0 Å². The van der Waals surface area contributed by atoms with Crippen LogP contribution in [0.1, 0.15) is 11.3 Å². The number of hydrogen-bond donors (Lipinski definition) is 0. The molecule has 0 aliphatic heterocycles.